The smallest absolute Gasteiger partial charge is 0.306 e. The molecule has 0 fully saturated rings. The van der Waals surface area contributed by atoms with Crippen molar-refractivity contribution in [2.45, 2.75) is 19.3 Å². The molecule has 0 aliphatic heterocycles. The number of rotatable bonds is 3. The van der Waals surface area contributed by atoms with Crippen LogP contribution in [0.3, 0.4) is 0 Å². The van der Waals surface area contributed by atoms with Gasteiger partial charge in [0, 0.05) is 28.8 Å². The second kappa shape index (κ2) is 6.35. The molecule has 1 atom stereocenters. The Morgan fingerprint density at radius 1 is 1.15 bits per heavy atom. The number of nitro benzene ring substituents is 1. The lowest BCUT2D eigenvalue weighted by molar-refractivity contribution is -0.384. The maximum atomic E-state index is 13.1. The fourth-order valence-corrected chi connectivity index (χ4v) is 3.81. The van der Waals surface area contributed by atoms with E-state index in [1.165, 1.54) is 12.1 Å². The van der Waals surface area contributed by atoms with E-state index in [1.54, 1.807) is 34.9 Å². The molecule has 27 heavy (non-hydrogen) atoms. The topological polar surface area (TPSA) is 102 Å². The fraction of sp³-hybridized carbons (Fsp3) is 0.200. The first kappa shape index (κ1) is 17.0. The quantitative estimate of drug-likeness (QED) is 0.566. The molecule has 0 saturated carbocycles. The van der Waals surface area contributed by atoms with Crippen molar-refractivity contribution >= 4 is 28.5 Å². The van der Waals surface area contributed by atoms with Gasteiger partial charge in [-0.05, 0) is 43.0 Å². The van der Waals surface area contributed by atoms with Crippen LogP contribution in [0.5, 0.6) is 0 Å². The van der Waals surface area contributed by atoms with Crippen LogP contribution in [0.25, 0.3) is 10.9 Å². The Bertz CT molecular complexity index is 1080. The highest BCUT2D eigenvalue weighted by molar-refractivity contribution is 6.04. The van der Waals surface area contributed by atoms with Crippen molar-refractivity contribution in [3.05, 3.63) is 75.5 Å². The Balaban J connectivity index is 1.95. The third kappa shape index (κ3) is 2.77. The van der Waals surface area contributed by atoms with E-state index in [-0.39, 0.29) is 18.0 Å². The Morgan fingerprint density at radius 3 is 2.56 bits per heavy atom. The first-order valence-electron chi connectivity index (χ1n) is 8.60. The van der Waals surface area contributed by atoms with Crippen molar-refractivity contribution in [2.24, 2.45) is 5.92 Å². The van der Waals surface area contributed by atoms with Crippen molar-refractivity contribution in [1.82, 2.24) is 4.57 Å². The van der Waals surface area contributed by atoms with Crippen molar-refractivity contribution in [1.29, 1.82) is 0 Å². The zero-order valence-electron chi connectivity index (χ0n) is 14.3. The zero-order chi connectivity index (χ0) is 19.1. The summed E-state index contributed by atoms with van der Waals surface area (Å²) in [7, 11) is 0. The van der Waals surface area contributed by atoms with Gasteiger partial charge >= 0.3 is 5.97 Å². The van der Waals surface area contributed by atoms with Crippen LogP contribution in [0.2, 0.25) is 0 Å². The fourth-order valence-electron chi connectivity index (χ4n) is 3.81. The van der Waals surface area contributed by atoms with E-state index in [1.807, 2.05) is 6.07 Å². The molecular formula is C20H16N2O5. The molecule has 1 aromatic heterocycles. The first-order valence-corrected chi connectivity index (χ1v) is 8.60. The van der Waals surface area contributed by atoms with Gasteiger partial charge < -0.3 is 5.11 Å². The van der Waals surface area contributed by atoms with Crippen LogP contribution in [0.15, 0.2) is 48.5 Å². The standard InChI is InChI=1S/C20H16N2O5/c23-19(12-4-2-1-3-5-12)21-17-8-6-13(20(24)25)10-15(17)16-11-14(22(26)27)7-9-18(16)21/h1-5,7,9,11,13H,6,8,10H2,(H,24,25). The van der Waals surface area contributed by atoms with Crippen LogP contribution in [0.4, 0.5) is 5.69 Å². The molecule has 1 heterocycles. The lowest BCUT2D eigenvalue weighted by Crippen LogP contribution is -2.24. The van der Waals surface area contributed by atoms with Gasteiger partial charge in [-0.3, -0.25) is 24.3 Å². The summed E-state index contributed by atoms with van der Waals surface area (Å²) >= 11 is 0. The number of hydrogen-bond acceptors (Lipinski definition) is 4. The molecular weight excluding hydrogens is 348 g/mol. The van der Waals surface area contributed by atoms with Gasteiger partial charge in [0.15, 0.2) is 0 Å². The molecule has 3 aromatic rings. The summed E-state index contributed by atoms with van der Waals surface area (Å²) in [5.41, 5.74) is 2.47. The summed E-state index contributed by atoms with van der Waals surface area (Å²) in [5, 5.41) is 21.2. The largest absolute Gasteiger partial charge is 0.481 e. The normalized spacial score (nSPS) is 16.1. The number of aromatic nitrogens is 1. The molecule has 7 heteroatoms. The van der Waals surface area contributed by atoms with Crippen molar-refractivity contribution < 1.29 is 19.6 Å². The van der Waals surface area contributed by atoms with E-state index < -0.39 is 16.8 Å². The first-order chi connectivity index (χ1) is 13.0. The molecule has 0 saturated heterocycles. The van der Waals surface area contributed by atoms with Gasteiger partial charge in [0.2, 0.25) is 0 Å². The van der Waals surface area contributed by atoms with Gasteiger partial charge in [-0.1, -0.05) is 18.2 Å². The number of hydrogen-bond donors (Lipinski definition) is 1. The summed E-state index contributed by atoms with van der Waals surface area (Å²) in [6.45, 7) is 0. The summed E-state index contributed by atoms with van der Waals surface area (Å²) in [6.07, 6.45) is 1.13. The molecule has 0 bridgehead atoms. The molecule has 1 aliphatic rings. The molecule has 1 aliphatic carbocycles. The number of carboxylic acids is 1. The number of nitrogens with zero attached hydrogens (tertiary/aromatic N) is 2. The van der Waals surface area contributed by atoms with Crippen LogP contribution in [-0.2, 0) is 17.6 Å². The Hall–Kier alpha value is -3.48. The van der Waals surface area contributed by atoms with E-state index in [0.717, 1.165) is 11.3 Å². The SMILES string of the molecule is O=C(O)C1CCc2c(c3cc([N+](=O)[O-])ccc3n2C(=O)c2ccccc2)C1. The average Bonchev–Trinajstić information content (AvgIpc) is 3.01. The van der Waals surface area contributed by atoms with Crippen LogP contribution in [0.1, 0.15) is 28.0 Å². The number of fused-ring (bicyclic) bond motifs is 3. The number of benzene rings is 2. The maximum absolute atomic E-state index is 13.1. The summed E-state index contributed by atoms with van der Waals surface area (Å²) in [4.78, 5) is 35.3. The third-order valence-corrected chi connectivity index (χ3v) is 5.13. The minimum absolute atomic E-state index is 0.0768. The number of carboxylic acid groups (broad SMARTS) is 1. The highest BCUT2D eigenvalue weighted by Crippen LogP contribution is 2.36. The second-order valence-electron chi connectivity index (χ2n) is 6.67. The lowest BCUT2D eigenvalue weighted by atomic mass is 9.86. The van der Waals surface area contributed by atoms with E-state index >= 15 is 0 Å². The number of carbonyl (C=O) groups is 2. The van der Waals surface area contributed by atoms with E-state index in [9.17, 15) is 24.8 Å². The molecule has 0 amide bonds. The Morgan fingerprint density at radius 2 is 1.89 bits per heavy atom. The van der Waals surface area contributed by atoms with Gasteiger partial charge in [0.25, 0.3) is 11.6 Å². The second-order valence-corrected chi connectivity index (χ2v) is 6.67. The molecule has 0 radical (unpaired) electrons. The molecule has 136 valence electrons. The molecule has 1 N–H and O–H groups in total. The minimum atomic E-state index is -0.888. The van der Waals surface area contributed by atoms with Crippen molar-refractivity contribution in [2.75, 3.05) is 0 Å². The Kier molecular flexibility index (Phi) is 3.99. The molecule has 0 spiro atoms. The van der Waals surface area contributed by atoms with Crippen LogP contribution in [0, 0.1) is 16.0 Å². The molecule has 7 nitrogen and oxygen atoms in total. The van der Waals surface area contributed by atoms with Gasteiger partial charge in [-0.2, -0.15) is 0 Å². The van der Waals surface area contributed by atoms with Gasteiger partial charge in [0.1, 0.15) is 0 Å². The van der Waals surface area contributed by atoms with E-state index in [4.69, 9.17) is 0 Å². The van der Waals surface area contributed by atoms with Crippen molar-refractivity contribution in [3.8, 4) is 0 Å². The molecule has 4 rings (SSSR count). The van der Waals surface area contributed by atoms with Crippen LogP contribution < -0.4 is 0 Å². The van der Waals surface area contributed by atoms with Gasteiger partial charge in [-0.15, -0.1) is 0 Å². The number of carbonyl (C=O) groups excluding carboxylic acids is 1. The Labute approximate surface area is 154 Å². The predicted molar refractivity (Wildman–Crippen MR) is 97.9 cm³/mol. The van der Waals surface area contributed by atoms with Crippen molar-refractivity contribution in [3.63, 3.8) is 0 Å². The summed E-state index contributed by atoms with van der Waals surface area (Å²) in [5.74, 6) is -1.66. The van der Waals surface area contributed by atoms with E-state index in [0.29, 0.717) is 29.3 Å². The number of non-ortho nitro benzene ring substituents is 1. The summed E-state index contributed by atoms with van der Waals surface area (Å²) in [6, 6.07) is 13.2. The highest BCUT2D eigenvalue weighted by atomic mass is 16.6. The molecule has 1 unspecified atom stereocenters. The predicted octanol–water partition coefficient (Wildman–Crippen LogP) is 3.43. The van der Waals surface area contributed by atoms with Gasteiger partial charge in [-0.25, -0.2) is 0 Å². The monoisotopic (exact) mass is 364 g/mol. The van der Waals surface area contributed by atoms with E-state index in [2.05, 4.69) is 0 Å². The highest BCUT2D eigenvalue weighted by Gasteiger charge is 2.31. The van der Waals surface area contributed by atoms with Crippen LogP contribution in [-0.4, -0.2) is 26.5 Å². The van der Waals surface area contributed by atoms with Gasteiger partial charge in [0.05, 0.1) is 16.4 Å². The number of nitro groups is 1. The summed E-state index contributed by atoms with van der Waals surface area (Å²) < 4.78 is 1.59. The lowest BCUT2D eigenvalue weighted by Gasteiger charge is -2.20. The minimum Gasteiger partial charge on any atom is -0.481 e. The number of aliphatic carboxylic acids is 1. The third-order valence-electron chi connectivity index (χ3n) is 5.13. The average molecular weight is 364 g/mol. The van der Waals surface area contributed by atoms with Crippen LogP contribution >= 0.6 is 0 Å². The zero-order valence-corrected chi connectivity index (χ0v) is 14.3. The molecule has 2 aromatic carbocycles. The maximum Gasteiger partial charge on any atom is 0.306 e.